The van der Waals surface area contributed by atoms with Gasteiger partial charge in [0, 0.05) is 18.3 Å². The highest BCUT2D eigenvalue weighted by molar-refractivity contribution is 9.08. The first-order valence-electron chi connectivity index (χ1n) is 5.60. The lowest BCUT2D eigenvalue weighted by Crippen LogP contribution is -2.26. The maximum absolute atomic E-state index is 12.0. The van der Waals surface area contributed by atoms with Gasteiger partial charge in [-0.05, 0) is 17.7 Å². The maximum atomic E-state index is 12.0. The molecule has 102 valence electrons. The lowest BCUT2D eigenvalue weighted by molar-refractivity contribution is 0.581. The summed E-state index contributed by atoms with van der Waals surface area (Å²) in [4.78, 5) is 4.18. The van der Waals surface area contributed by atoms with Crippen LogP contribution in [0.5, 0.6) is 0 Å². The number of H-pyrrole nitrogens is 1. The monoisotopic (exact) mass is 344 g/mol. The highest BCUT2D eigenvalue weighted by Crippen LogP contribution is 2.12. The highest BCUT2D eigenvalue weighted by Gasteiger charge is 2.13. The molecule has 0 aliphatic rings. The predicted octanol–water partition coefficient (Wildman–Crippen LogP) is 1.22. The van der Waals surface area contributed by atoms with Crippen molar-refractivity contribution in [3.63, 3.8) is 0 Å². The fourth-order valence-corrected chi connectivity index (χ4v) is 2.90. The Kier molecular flexibility index (Phi) is 4.67. The van der Waals surface area contributed by atoms with E-state index in [1.165, 1.54) is 6.33 Å². The van der Waals surface area contributed by atoms with Crippen molar-refractivity contribution in [1.29, 1.82) is 0 Å². The van der Waals surface area contributed by atoms with Gasteiger partial charge in [-0.15, -0.1) is 0 Å². The summed E-state index contributed by atoms with van der Waals surface area (Å²) >= 11 is 3.32. The number of halogens is 1. The average molecular weight is 345 g/mol. The van der Waals surface area contributed by atoms with Crippen molar-refractivity contribution in [3.8, 4) is 0 Å². The van der Waals surface area contributed by atoms with Crippen LogP contribution in [0, 0.1) is 0 Å². The van der Waals surface area contributed by atoms with Crippen molar-refractivity contribution in [1.82, 2.24) is 19.9 Å². The molecule has 2 rings (SSSR count). The summed E-state index contributed by atoms with van der Waals surface area (Å²) < 4.78 is 26.5. The number of aromatic amines is 1. The Balaban J connectivity index is 1.97. The molecule has 1 aromatic carbocycles. The van der Waals surface area contributed by atoms with E-state index in [1.807, 2.05) is 0 Å². The number of sulfonamides is 1. The molecule has 0 aliphatic heterocycles. The second-order valence-corrected chi connectivity index (χ2v) is 6.19. The van der Waals surface area contributed by atoms with Gasteiger partial charge in [-0.2, -0.15) is 5.10 Å². The fraction of sp³-hybridized carbons (Fsp3) is 0.273. The summed E-state index contributed by atoms with van der Waals surface area (Å²) in [6, 6.07) is 6.74. The van der Waals surface area contributed by atoms with E-state index in [1.54, 1.807) is 24.3 Å². The molecule has 19 heavy (non-hydrogen) atoms. The molecule has 8 heteroatoms. The van der Waals surface area contributed by atoms with Crippen molar-refractivity contribution in [2.24, 2.45) is 0 Å². The Hall–Kier alpha value is -1.25. The van der Waals surface area contributed by atoms with E-state index >= 15 is 0 Å². The smallest absolute Gasteiger partial charge is 0.240 e. The number of hydrogen-bond acceptors (Lipinski definition) is 4. The zero-order chi connectivity index (χ0) is 13.7. The molecule has 0 atom stereocenters. The molecule has 2 N–H and O–H groups in total. The van der Waals surface area contributed by atoms with Crippen LogP contribution in [0.2, 0.25) is 0 Å². The number of nitrogens with one attached hydrogen (secondary N) is 2. The van der Waals surface area contributed by atoms with Gasteiger partial charge in [0.2, 0.25) is 10.0 Å². The molecular weight excluding hydrogens is 332 g/mol. The van der Waals surface area contributed by atoms with E-state index in [4.69, 9.17) is 0 Å². The minimum atomic E-state index is -3.47. The Labute approximate surface area is 119 Å². The van der Waals surface area contributed by atoms with Gasteiger partial charge in [-0.1, -0.05) is 28.1 Å². The van der Waals surface area contributed by atoms with Gasteiger partial charge in [0.1, 0.15) is 12.2 Å². The number of alkyl halides is 1. The Morgan fingerprint density at radius 2 is 2.00 bits per heavy atom. The van der Waals surface area contributed by atoms with Gasteiger partial charge >= 0.3 is 0 Å². The predicted molar refractivity (Wildman–Crippen MR) is 74.3 cm³/mol. The largest absolute Gasteiger partial charge is 0.263 e. The second-order valence-electron chi connectivity index (χ2n) is 3.86. The number of hydrogen-bond donors (Lipinski definition) is 2. The molecule has 1 heterocycles. The molecule has 0 fully saturated rings. The van der Waals surface area contributed by atoms with Gasteiger partial charge in [0.15, 0.2) is 0 Å². The van der Waals surface area contributed by atoms with E-state index in [9.17, 15) is 8.42 Å². The van der Waals surface area contributed by atoms with E-state index in [0.29, 0.717) is 17.6 Å². The maximum Gasteiger partial charge on any atom is 0.240 e. The van der Waals surface area contributed by atoms with E-state index < -0.39 is 10.0 Å². The van der Waals surface area contributed by atoms with Crippen LogP contribution in [0.3, 0.4) is 0 Å². The van der Waals surface area contributed by atoms with Crippen LogP contribution in [0.4, 0.5) is 0 Å². The van der Waals surface area contributed by atoms with Crippen LogP contribution in [0.25, 0.3) is 0 Å². The Bertz CT molecular complexity index is 611. The van der Waals surface area contributed by atoms with Crippen molar-refractivity contribution in [3.05, 3.63) is 42.0 Å². The SMILES string of the molecule is O=S(=O)(NCCc1ncn[nH]1)c1ccc(CBr)cc1. The normalized spacial score (nSPS) is 11.6. The topological polar surface area (TPSA) is 87.7 Å². The molecule has 2 aromatic rings. The van der Waals surface area contributed by atoms with Crippen molar-refractivity contribution < 1.29 is 8.42 Å². The number of aromatic nitrogens is 3. The molecule has 0 radical (unpaired) electrons. The summed E-state index contributed by atoms with van der Waals surface area (Å²) in [7, 11) is -3.47. The van der Waals surface area contributed by atoms with Crippen molar-refractivity contribution >= 4 is 26.0 Å². The third kappa shape index (κ3) is 3.85. The van der Waals surface area contributed by atoms with E-state index in [-0.39, 0.29) is 11.4 Å². The van der Waals surface area contributed by atoms with Crippen molar-refractivity contribution in [2.45, 2.75) is 16.6 Å². The Morgan fingerprint density at radius 3 is 2.58 bits per heavy atom. The summed E-state index contributed by atoms with van der Waals surface area (Å²) in [5.41, 5.74) is 1.03. The summed E-state index contributed by atoms with van der Waals surface area (Å²) in [5.74, 6) is 0.650. The lowest BCUT2D eigenvalue weighted by Gasteiger charge is -2.06. The third-order valence-corrected chi connectivity index (χ3v) is 4.63. The first kappa shape index (κ1) is 14.2. The zero-order valence-electron chi connectivity index (χ0n) is 10.0. The molecular formula is C11H13BrN4O2S. The summed E-state index contributed by atoms with van der Waals surface area (Å²) in [5, 5.41) is 7.07. The Morgan fingerprint density at radius 1 is 1.26 bits per heavy atom. The first-order chi connectivity index (χ1) is 9.12. The highest BCUT2D eigenvalue weighted by atomic mass is 79.9. The minimum Gasteiger partial charge on any atom is -0.263 e. The molecule has 0 amide bonds. The zero-order valence-corrected chi connectivity index (χ0v) is 12.4. The van der Waals surface area contributed by atoms with Crippen LogP contribution in [0.15, 0.2) is 35.5 Å². The quantitative estimate of drug-likeness (QED) is 0.771. The number of benzene rings is 1. The molecule has 1 aromatic heterocycles. The fourth-order valence-electron chi connectivity index (χ4n) is 1.50. The third-order valence-electron chi connectivity index (χ3n) is 2.51. The molecule has 0 aliphatic carbocycles. The van der Waals surface area contributed by atoms with Crippen LogP contribution >= 0.6 is 15.9 Å². The molecule has 0 unspecified atom stereocenters. The van der Waals surface area contributed by atoms with Crippen LogP contribution < -0.4 is 4.72 Å². The van der Waals surface area contributed by atoms with E-state index in [0.717, 1.165) is 5.56 Å². The first-order valence-corrected chi connectivity index (χ1v) is 8.21. The number of nitrogens with zero attached hydrogens (tertiary/aromatic N) is 2. The standard InChI is InChI=1S/C11H13BrN4O2S/c12-7-9-1-3-10(4-2-9)19(17,18)15-6-5-11-13-8-14-16-11/h1-4,8,15H,5-7H2,(H,13,14,16). The summed E-state index contributed by atoms with van der Waals surface area (Å²) in [6.45, 7) is 0.276. The summed E-state index contributed by atoms with van der Waals surface area (Å²) in [6.07, 6.45) is 1.86. The van der Waals surface area contributed by atoms with Crippen LogP contribution in [0.1, 0.15) is 11.4 Å². The van der Waals surface area contributed by atoms with Crippen molar-refractivity contribution in [2.75, 3.05) is 6.54 Å². The molecule has 0 spiro atoms. The molecule has 6 nitrogen and oxygen atoms in total. The number of rotatable bonds is 6. The second kappa shape index (κ2) is 6.27. The molecule has 0 saturated heterocycles. The molecule has 0 bridgehead atoms. The van der Waals surface area contributed by atoms with Gasteiger partial charge in [0.25, 0.3) is 0 Å². The van der Waals surface area contributed by atoms with Gasteiger partial charge in [0.05, 0.1) is 4.90 Å². The molecule has 0 saturated carbocycles. The van der Waals surface area contributed by atoms with Crippen LogP contribution in [-0.2, 0) is 21.8 Å². The van der Waals surface area contributed by atoms with Gasteiger partial charge in [-0.3, -0.25) is 5.10 Å². The van der Waals surface area contributed by atoms with Crippen LogP contribution in [-0.4, -0.2) is 30.1 Å². The van der Waals surface area contributed by atoms with Gasteiger partial charge in [-0.25, -0.2) is 18.1 Å². The lowest BCUT2D eigenvalue weighted by atomic mass is 10.2. The van der Waals surface area contributed by atoms with E-state index in [2.05, 4.69) is 35.8 Å². The minimum absolute atomic E-state index is 0.259. The van der Waals surface area contributed by atoms with Gasteiger partial charge < -0.3 is 0 Å². The average Bonchev–Trinajstić information content (AvgIpc) is 2.92.